The zero-order valence-corrected chi connectivity index (χ0v) is 8.07. The van der Waals surface area contributed by atoms with E-state index in [4.69, 9.17) is 5.73 Å². The minimum absolute atomic E-state index is 0.740. The van der Waals surface area contributed by atoms with Gasteiger partial charge in [0.25, 0.3) is 0 Å². The van der Waals surface area contributed by atoms with Crippen LogP contribution in [0.25, 0.3) is 11.3 Å². The predicted molar refractivity (Wildman–Crippen MR) is 58.8 cm³/mol. The Balaban J connectivity index is 2.48. The van der Waals surface area contributed by atoms with E-state index in [0.717, 1.165) is 22.6 Å². The maximum Gasteiger partial charge on any atom is 0.0706 e. The standard InChI is InChI=1S/C12H12N2/c1-9-11(13)7-8-12(14-9)10-5-3-2-4-6-10/h2-8H,13H2,1H3. The summed E-state index contributed by atoms with van der Waals surface area (Å²) in [5, 5.41) is 0. The average Bonchev–Trinajstić information content (AvgIpc) is 2.23. The second-order valence-corrected chi connectivity index (χ2v) is 3.24. The number of hydrogen-bond donors (Lipinski definition) is 1. The molecule has 1 heterocycles. The van der Waals surface area contributed by atoms with Crippen molar-refractivity contribution < 1.29 is 0 Å². The van der Waals surface area contributed by atoms with E-state index < -0.39 is 0 Å². The minimum atomic E-state index is 0.740. The molecule has 0 spiro atoms. The number of nitrogens with zero attached hydrogens (tertiary/aromatic N) is 1. The van der Waals surface area contributed by atoms with E-state index >= 15 is 0 Å². The molecule has 0 aliphatic carbocycles. The lowest BCUT2D eigenvalue weighted by Gasteiger charge is -2.03. The Kier molecular flexibility index (Phi) is 2.19. The number of nitrogen functional groups attached to an aromatic ring is 1. The van der Waals surface area contributed by atoms with Gasteiger partial charge in [0.15, 0.2) is 0 Å². The van der Waals surface area contributed by atoms with Gasteiger partial charge in [-0.15, -0.1) is 0 Å². The van der Waals surface area contributed by atoms with Crippen molar-refractivity contribution >= 4 is 5.69 Å². The maximum atomic E-state index is 5.70. The second kappa shape index (κ2) is 3.50. The number of anilines is 1. The van der Waals surface area contributed by atoms with Gasteiger partial charge in [0, 0.05) is 5.56 Å². The Hall–Kier alpha value is -1.83. The molecule has 2 N–H and O–H groups in total. The fourth-order valence-corrected chi connectivity index (χ4v) is 1.34. The normalized spacial score (nSPS) is 10.1. The first kappa shape index (κ1) is 8.75. The van der Waals surface area contributed by atoms with Crippen LogP contribution in [0.3, 0.4) is 0 Å². The summed E-state index contributed by atoms with van der Waals surface area (Å²) in [5.41, 5.74) is 9.42. The van der Waals surface area contributed by atoms with Crippen molar-refractivity contribution in [1.29, 1.82) is 0 Å². The van der Waals surface area contributed by atoms with E-state index in [0.29, 0.717) is 0 Å². The highest BCUT2D eigenvalue weighted by atomic mass is 14.7. The lowest BCUT2D eigenvalue weighted by molar-refractivity contribution is 1.21. The molecule has 14 heavy (non-hydrogen) atoms. The molecule has 2 aromatic rings. The van der Waals surface area contributed by atoms with Gasteiger partial charge in [-0.1, -0.05) is 30.3 Å². The lowest BCUT2D eigenvalue weighted by Crippen LogP contribution is -1.93. The Morgan fingerprint density at radius 2 is 1.71 bits per heavy atom. The molecular formula is C12H12N2. The lowest BCUT2D eigenvalue weighted by atomic mass is 10.1. The Morgan fingerprint density at radius 1 is 1.00 bits per heavy atom. The monoisotopic (exact) mass is 184 g/mol. The molecule has 2 heteroatoms. The summed E-state index contributed by atoms with van der Waals surface area (Å²) >= 11 is 0. The van der Waals surface area contributed by atoms with Gasteiger partial charge in [-0.05, 0) is 19.1 Å². The summed E-state index contributed by atoms with van der Waals surface area (Å²) in [6.45, 7) is 1.92. The van der Waals surface area contributed by atoms with Crippen molar-refractivity contribution in [3.63, 3.8) is 0 Å². The number of rotatable bonds is 1. The third-order valence-corrected chi connectivity index (χ3v) is 2.20. The van der Waals surface area contributed by atoms with Gasteiger partial charge < -0.3 is 5.73 Å². The van der Waals surface area contributed by atoms with E-state index in [-0.39, 0.29) is 0 Å². The van der Waals surface area contributed by atoms with Gasteiger partial charge in [0.2, 0.25) is 0 Å². The van der Waals surface area contributed by atoms with E-state index in [1.165, 1.54) is 0 Å². The molecule has 1 aromatic carbocycles. The van der Waals surface area contributed by atoms with Crippen molar-refractivity contribution in [3.05, 3.63) is 48.2 Å². The molecule has 1 aromatic heterocycles. The third-order valence-electron chi connectivity index (χ3n) is 2.20. The molecule has 0 aliphatic rings. The highest BCUT2D eigenvalue weighted by Crippen LogP contribution is 2.18. The Morgan fingerprint density at radius 3 is 2.36 bits per heavy atom. The van der Waals surface area contributed by atoms with Gasteiger partial charge in [-0.2, -0.15) is 0 Å². The molecule has 0 saturated heterocycles. The molecule has 2 rings (SSSR count). The molecule has 0 aliphatic heterocycles. The Labute approximate surface area is 83.4 Å². The van der Waals surface area contributed by atoms with Gasteiger partial charge in [-0.3, -0.25) is 4.98 Å². The quantitative estimate of drug-likeness (QED) is 0.740. The Bertz CT molecular complexity index is 435. The van der Waals surface area contributed by atoms with Gasteiger partial charge in [0.1, 0.15) is 0 Å². The van der Waals surface area contributed by atoms with E-state index in [1.54, 1.807) is 0 Å². The number of nitrogens with two attached hydrogens (primary N) is 1. The van der Waals surface area contributed by atoms with Gasteiger partial charge >= 0.3 is 0 Å². The predicted octanol–water partition coefficient (Wildman–Crippen LogP) is 2.64. The molecule has 0 atom stereocenters. The topological polar surface area (TPSA) is 38.9 Å². The third kappa shape index (κ3) is 1.59. The van der Waals surface area contributed by atoms with Crippen LogP contribution in [-0.2, 0) is 0 Å². The van der Waals surface area contributed by atoms with Crippen LogP contribution < -0.4 is 5.73 Å². The number of aromatic nitrogens is 1. The molecule has 2 nitrogen and oxygen atoms in total. The summed E-state index contributed by atoms with van der Waals surface area (Å²) < 4.78 is 0. The molecule has 0 saturated carbocycles. The van der Waals surface area contributed by atoms with Crippen LogP contribution >= 0.6 is 0 Å². The largest absolute Gasteiger partial charge is 0.397 e. The first-order valence-electron chi connectivity index (χ1n) is 4.56. The first-order chi connectivity index (χ1) is 6.77. The summed E-state index contributed by atoms with van der Waals surface area (Å²) in [6.07, 6.45) is 0. The van der Waals surface area contributed by atoms with E-state index in [2.05, 4.69) is 4.98 Å². The smallest absolute Gasteiger partial charge is 0.0706 e. The molecule has 0 amide bonds. The van der Waals surface area contributed by atoms with Crippen molar-refractivity contribution in [2.24, 2.45) is 0 Å². The van der Waals surface area contributed by atoms with Gasteiger partial charge in [0.05, 0.1) is 17.1 Å². The zero-order chi connectivity index (χ0) is 9.97. The molecule has 0 unspecified atom stereocenters. The van der Waals surface area contributed by atoms with Gasteiger partial charge in [-0.25, -0.2) is 0 Å². The number of aryl methyl sites for hydroxylation is 1. The van der Waals surface area contributed by atoms with Crippen molar-refractivity contribution in [2.45, 2.75) is 6.92 Å². The van der Waals surface area contributed by atoms with E-state index in [1.807, 2.05) is 49.4 Å². The van der Waals surface area contributed by atoms with Crippen molar-refractivity contribution in [2.75, 3.05) is 5.73 Å². The highest BCUT2D eigenvalue weighted by molar-refractivity contribution is 5.61. The van der Waals surface area contributed by atoms with E-state index in [9.17, 15) is 0 Å². The fraction of sp³-hybridized carbons (Fsp3) is 0.0833. The van der Waals surface area contributed by atoms with Crippen LogP contribution in [0.2, 0.25) is 0 Å². The molecule has 0 fully saturated rings. The summed E-state index contributed by atoms with van der Waals surface area (Å²) in [5.74, 6) is 0. The van der Waals surface area contributed by atoms with Crippen LogP contribution in [0.15, 0.2) is 42.5 Å². The van der Waals surface area contributed by atoms with Crippen LogP contribution in [0.4, 0.5) is 5.69 Å². The first-order valence-corrected chi connectivity index (χ1v) is 4.56. The summed E-state index contributed by atoms with van der Waals surface area (Å²) in [7, 11) is 0. The zero-order valence-electron chi connectivity index (χ0n) is 8.07. The average molecular weight is 184 g/mol. The maximum absolute atomic E-state index is 5.70. The van der Waals surface area contributed by atoms with Crippen LogP contribution in [0.5, 0.6) is 0 Å². The fourth-order valence-electron chi connectivity index (χ4n) is 1.34. The van der Waals surface area contributed by atoms with Crippen LogP contribution in [0.1, 0.15) is 5.69 Å². The van der Waals surface area contributed by atoms with Crippen LogP contribution in [-0.4, -0.2) is 4.98 Å². The second-order valence-electron chi connectivity index (χ2n) is 3.24. The van der Waals surface area contributed by atoms with Crippen molar-refractivity contribution in [1.82, 2.24) is 4.98 Å². The summed E-state index contributed by atoms with van der Waals surface area (Å²) in [6, 6.07) is 13.9. The number of benzene rings is 1. The molecule has 70 valence electrons. The van der Waals surface area contributed by atoms with Crippen LogP contribution in [0, 0.1) is 6.92 Å². The summed E-state index contributed by atoms with van der Waals surface area (Å²) in [4.78, 5) is 4.42. The molecule has 0 bridgehead atoms. The van der Waals surface area contributed by atoms with Crippen molar-refractivity contribution in [3.8, 4) is 11.3 Å². The molecular weight excluding hydrogens is 172 g/mol. The number of pyridine rings is 1. The SMILES string of the molecule is Cc1nc(-c2ccccc2)ccc1N. The minimum Gasteiger partial charge on any atom is -0.397 e. The highest BCUT2D eigenvalue weighted by Gasteiger charge is 2.00. The number of hydrogen-bond acceptors (Lipinski definition) is 2. The molecule has 0 radical (unpaired) electrons.